The van der Waals surface area contributed by atoms with Crippen molar-refractivity contribution in [2.75, 3.05) is 13.1 Å². The molecule has 2 aromatic rings. The minimum absolute atomic E-state index is 0.257. The Hall–Kier alpha value is -2.56. The summed E-state index contributed by atoms with van der Waals surface area (Å²) in [5, 5.41) is 29.7. The van der Waals surface area contributed by atoms with E-state index in [4.69, 9.17) is 10.5 Å². The third-order valence-electron chi connectivity index (χ3n) is 3.48. The molecule has 0 aromatic heterocycles. The highest BCUT2D eigenvalue weighted by atomic mass is 16.3. The van der Waals surface area contributed by atoms with Gasteiger partial charge >= 0.3 is 0 Å². The van der Waals surface area contributed by atoms with Crippen molar-refractivity contribution in [2.24, 2.45) is 0 Å². The van der Waals surface area contributed by atoms with E-state index in [9.17, 15) is 5.11 Å². The lowest BCUT2D eigenvalue weighted by Gasteiger charge is -2.21. The first-order valence-electron chi connectivity index (χ1n) is 6.92. The molecule has 2 aromatic carbocycles. The molecule has 1 N–H and O–H groups in total. The molecular weight excluding hydrogens is 262 g/mol. The Balaban J connectivity index is 2.29. The largest absolute Gasteiger partial charge is 0.508 e. The Morgan fingerprint density at radius 1 is 0.952 bits per heavy atom. The summed E-state index contributed by atoms with van der Waals surface area (Å²) in [6, 6.07) is 15.7. The maximum Gasteiger partial charge on any atom is 0.120 e. The predicted octanol–water partition coefficient (Wildman–Crippen LogP) is 3.17. The third-order valence-corrected chi connectivity index (χ3v) is 3.48. The molecule has 0 amide bonds. The normalized spacial score (nSPS) is 10.4. The van der Waals surface area contributed by atoms with Gasteiger partial charge in [0.25, 0.3) is 0 Å². The third kappa shape index (κ3) is 3.72. The minimum Gasteiger partial charge on any atom is -0.508 e. The molecule has 0 aliphatic heterocycles. The van der Waals surface area contributed by atoms with Gasteiger partial charge in [0.05, 0.1) is 12.1 Å². The summed E-state index contributed by atoms with van der Waals surface area (Å²) in [7, 11) is 0. The van der Waals surface area contributed by atoms with Crippen molar-refractivity contribution in [3.8, 4) is 17.9 Å². The van der Waals surface area contributed by atoms with Crippen LogP contribution in [0.5, 0.6) is 5.75 Å². The zero-order chi connectivity index (χ0) is 15.1. The van der Waals surface area contributed by atoms with E-state index in [0.29, 0.717) is 32.5 Å². The second-order valence-corrected chi connectivity index (χ2v) is 4.88. The summed E-state index contributed by atoms with van der Waals surface area (Å²) in [5.41, 5.74) is 0.851. The van der Waals surface area contributed by atoms with E-state index >= 15 is 0 Å². The lowest BCUT2D eigenvalue weighted by Crippen LogP contribution is -2.25. The molecule has 106 valence electrons. The molecule has 0 aliphatic rings. The number of hydrogen-bond donors (Lipinski definition) is 1. The second kappa shape index (κ2) is 7.28. The van der Waals surface area contributed by atoms with Crippen LogP contribution in [0.15, 0.2) is 36.4 Å². The standard InChI is InChI=1S/C17H17N3O/c18-9-3-11-20(12-4-10-19)13-16-15-6-2-1-5-14(15)7-8-17(16)21/h1-2,5-8,21H,3-4,11-13H2. The van der Waals surface area contributed by atoms with Gasteiger partial charge in [0.15, 0.2) is 0 Å². The van der Waals surface area contributed by atoms with Crippen LogP contribution in [0.3, 0.4) is 0 Å². The van der Waals surface area contributed by atoms with Gasteiger partial charge in [0, 0.05) is 38.0 Å². The molecule has 0 heterocycles. The second-order valence-electron chi connectivity index (χ2n) is 4.88. The fourth-order valence-electron chi connectivity index (χ4n) is 2.40. The Labute approximate surface area is 124 Å². The Bertz CT molecular complexity index is 679. The smallest absolute Gasteiger partial charge is 0.120 e. The number of nitrogens with zero attached hydrogens (tertiary/aromatic N) is 3. The summed E-state index contributed by atoms with van der Waals surface area (Å²) >= 11 is 0. The van der Waals surface area contributed by atoms with Crippen LogP contribution in [0.4, 0.5) is 0 Å². The highest BCUT2D eigenvalue weighted by Gasteiger charge is 2.12. The molecule has 0 aliphatic carbocycles. The summed E-state index contributed by atoms with van der Waals surface area (Å²) in [4.78, 5) is 2.04. The zero-order valence-electron chi connectivity index (χ0n) is 11.8. The van der Waals surface area contributed by atoms with Gasteiger partial charge in [-0.2, -0.15) is 10.5 Å². The van der Waals surface area contributed by atoms with Gasteiger partial charge in [-0.1, -0.05) is 30.3 Å². The first-order chi connectivity index (χ1) is 10.3. The highest BCUT2D eigenvalue weighted by molar-refractivity contribution is 5.87. The average Bonchev–Trinajstić information content (AvgIpc) is 2.52. The van der Waals surface area contributed by atoms with Gasteiger partial charge in [0.1, 0.15) is 5.75 Å². The number of rotatable bonds is 6. The molecule has 0 saturated heterocycles. The van der Waals surface area contributed by atoms with Crippen LogP contribution in [0.25, 0.3) is 10.8 Å². The van der Waals surface area contributed by atoms with Crippen LogP contribution in [0.2, 0.25) is 0 Å². The monoisotopic (exact) mass is 279 g/mol. The fourth-order valence-corrected chi connectivity index (χ4v) is 2.40. The van der Waals surface area contributed by atoms with Crippen LogP contribution >= 0.6 is 0 Å². The SMILES string of the molecule is N#CCCN(CCC#N)Cc1c(O)ccc2ccccc12. The Morgan fingerprint density at radius 3 is 2.29 bits per heavy atom. The number of phenols is 1. The fraction of sp³-hybridized carbons (Fsp3) is 0.294. The summed E-state index contributed by atoms with van der Waals surface area (Å²) in [5.74, 6) is 0.257. The van der Waals surface area contributed by atoms with E-state index < -0.39 is 0 Å². The number of phenolic OH excluding ortho intramolecular Hbond substituents is 1. The van der Waals surface area contributed by atoms with Gasteiger partial charge in [-0.15, -0.1) is 0 Å². The van der Waals surface area contributed by atoms with E-state index in [-0.39, 0.29) is 5.75 Å². The van der Waals surface area contributed by atoms with Crippen LogP contribution in [0, 0.1) is 22.7 Å². The van der Waals surface area contributed by atoms with Crippen molar-refractivity contribution in [1.82, 2.24) is 4.90 Å². The first-order valence-corrected chi connectivity index (χ1v) is 6.92. The van der Waals surface area contributed by atoms with E-state index in [0.717, 1.165) is 16.3 Å². The number of nitriles is 2. The number of fused-ring (bicyclic) bond motifs is 1. The van der Waals surface area contributed by atoms with Crippen LogP contribution in [-0.4, -0.2) is 23.1 Å². The quantitative estimate of drug-likeness (QED) is 0.881. The molecule has 0 saturated carbocycles. The lowest BCUT2D eigenvalue weighted by molar-refractivity contribution is 0.275. The van der Waals surface area contributed by atoms with Gasteiger partial charge in [-0.3, -0.25) is 4.90 Å². The van der Waals surface area contributed by atoms with Crippen LogP contribution in [0.1, 0.15) is 18.4 Å². The zero-order valence-corrected chi connectivity index (χ0v) is 11.8. The van der Waals surface area contributed by atoms with Gasteiger partial charge in [-0.25, -0.2) is 0 Å². The van der Waals surface area contributed by atoms with Crippen molar-refractivity contribution in [1.29, 1.82) is 10.5 Å². The van der Waals surface area contributed by atoms with Gasteiger partial charge in [0.2, 0.25) is 0 Å². The molecule has 2 rings (SSSR count). The summed E-state index contributed by atoms with van der Waals surface area (Å²) in [6.07, 6.45) is 0.827. The van der Waals surface area contributed by atoms with Crippen molar-refractivity contribution in [2.45, 2.75) is 19.4 Å². The van der Waals surface area contributed by atoms with Crippen molar-refractivity contribution in [3.05, 3.63) is 42.0 Å². The first kappa shape index (κ1) is 14.8. The highest BCUT2D eigenvalue weighted by Crippen LogP contribution is 2.28. The summed E-state index contributed by atoms with van der Waals surface area (Å²) in [6.45, 7) is 1.73. The van der Waals surface area contributed by atoms with Gasteiger partial charge in [-0.05, 0) is 16.8 Å². The average molecular weight is 279 g/mol. The molecule has 0 unspecified atom stereocenters. The predicted molar refractivity (Wildman–Crippen MR) is 81.3 cm³/mol. The molecule has 4 nitrogen and oxygen atoms in total. The molecule has 21 heavy (non-hydrogen) atoms. The van der Waals surface area contributed by atoms with E-state index in [1.807, 2.05) is 35.2 Å². The van der Waals surface area contributed by atoms with Crippen molar-refractivity contribution in [3.63, 3.8) is 0 Å². The molecular formula is C17H17N3O. The van der Waals surface area contributed by atoms with E-state index in [2.05, 4.69) is 12.1 Å². The number of benzene rings is 2. The number of aromatic hydroxyl groups is 1. The van der Waals surface area contributed by atoms with Gasteiger partial charge < -0.3 is 5.11 Å². The van der Waals surface area contributed by atoms with Crippen LogP contribution in [-0.2, 0) is 6.54 Å². The van der Waals surface area contributed by atoms with E-state index in [1.54, 1.807) is 6.07 Å². The molecule has 0 atom stereocenters. The number of hydrogen-bond acceptors (Lipinski definition) is 4. The molecule has 4 heteroatoms. The van der Waals surface area contributed by atoms with E-state index in [1.165, 1.54) is 0 Å². The lowest BCUT2D eigenvalue weighted by atomic mass is 10.0. The Kier molecular flexibility index (Phi) is 5.15. The van der Waals surface area contributed by atoms with Crippen LogP contribution < -0.4 is 0 Å². The summed E-state index contributed by atoms with van der Waals surface area (Å²) < 4.78 is 0. The van der Waals surface area contributed by atoms with Crippen molar-refractivity contribution >= 4 is 10.8 Å². The van der Waals surface area contributed by atoms with Crippen molar-refractivity contribution < 1.29 is 5.11 Å². The maximum atomic E-state index is 10.2. The molecule has 0 radical (unpaired) electrons. The molecule has 0 spiro atoms. The topological polar surface area (TPSA) is 71.0 Å². The minimum atomic E-state index is 0.257. The maximum absolute atomic E-state index is 10.2. The molecule has 0 bridgehead atoms. The Morgan fingerprint density at radius 2 is 1.62 bits per heavy atom. The molecule has 0 fully saturated rings.